The molecule has 0 aliphatic carbocycles. The fourth-order valence-corrected chi connectivity index (χ4v) is 7.77. The van der Waals surface area contributed by atoms with Crippen molar-refractivity contribution in [1.82, 2.24) is 10.2 Å². The van der Waals surface area contributed by atoms with Crippen LogP contribution < -0.4 is 0 Å². The highest BCUT2D eigenvalue weighted by atomic mass is 35.5. The molecule has 3 rings (SSSR count). The Labute approximate surface area is 278 Å². The van der Waals surface area contributed by atoms with E-state index in [-0.39, 0.29) is 33.5 Å². The Bertz CT molecular complexity index is 1500. The zero-order chi connectivity index (χ0) is 34.0. The van der Waals surface area contributed by atoms with Crippen LogP contribution in [-0.2, 0) is 27.5 Å². The summed E-state index contributed by atoms with van der Waals surface area (Å²) in [5.74, 6) is -0.951. The minimum atomic E-state index is -1.89. The van der Waals surface area contributed by atoms with E-state index in [1.165, 1.54) is 22.3 Å². The van der Waals surface area contributed by atoms with Crippen LogP contribution in [0.2, 0.25) is 23.3 Å². The number of nitrogens with zero attached hydrogens (tertiary/aromatic N) is 2. The highest BCUT2D eigenvalue weighted by Gasteiger charge is 2.41. The molecule has 1 heterocycles. The molecule has 7 heteroatoms. The molecule has 0 spiro atoms. The number of aryl methyl sites for hydroxylation is 3. The van der Waals surface area contributed by atoms with E-state index in [1.807, 2.05) is 0 Å². The van der Waals surface area contributed by atoms with Crippen LogP contribution in [0.15, 0.2) is 42.5 Å². The van der Waals surface area contributed by atoms with Crippen LogP contribution in [0.1, 0.15) is 108 Å². The van der Waals surface area contributed by atoms with Crippen LogP contribution in [0.5, 0.6) is 0 Å². The van der Waals surface area contributed by atoms with E-state index in [2.05, 4.69) is 129 Å². The molecule has 0 saturated carbocycles. The third-order valence-corrected chi connectivity index (χ3v) is 15.0. The van der Waals surface area contributed by atoms with Crippen molar-refractivity contribution in [3.63, 3.8) is 0 Å². The van der Waals surface area contributed by atoms with Crippen molar-refractivity contribution in [2.45, 2.75) is 131 Å². The van der Waals surface area contributed by atoms with Gasteiger partial charge in [-0.15, -0.1) is 10.2 Å². The molecule has 0 amide bonds. The lowest BCUT2D eigenvalue weighted by atomic mass is 9.69. The van der Waals surface area contributed by atoms with Gasteiger partial charge in [0.1, 0.15) is 0 Å². The summed E-state index contributed by atoms with van der Waals surface area (Å²) in [5.41, 5.74) is 8.34. The van der Waals surface area contributed by atoms with E-state index in [4.69, 9.17) is 16.0 Å². The van der Waals surface area contributed by atoms with Gasteiger partial charge in [0.2, 0.25) is 0 Å². The quantitative estimate of drug-likeness (QED) is 0.197. The second-order valence-corrected chi connectivity index (χ2v) is 20.5. The number of benzene rings is 2. The third-order valence-electron chi connectivity index (χ3n) is 10.2. The van der Waals surface area contributed by atoms with Crippen LogP contribution in [-0.4, -0.2) is 35.7 Å². The molecule has 1 aromatic heterocycles. The van der Waals surface area contributed by atoms with E-state index in [0.717, 1.165) is 36.8 Å². The first-order valence-corrected chi connectivity index (χ1v) is 19.7. The summed E-state index contributed by atoms with van der Waals surface area (Å²) in [6.45, 7) is 27.4. The first-order chi connectivity index (χ1) is 20.8. The Hall–Kier alpha value is -2.54. The normalized spacial score (nSPS) is 13.6. The molecule has 1 unspecified atom stereocenters. The monoisotopic (exact) mass is 650 g/mol. The van der Waals surface area contributed by atoms with Gasteiger partial charge >= 0.3 is 5.97 Å². The second kappa shape index (κ2) is 14.1. The highest BCUT2D eigenvalue weighted by Crippen LogP contribution is 2.43. The zero-order valence-electron chi connectivity index (χ0n) is 29.7. The highest BCUT2D eigenvalue weighted by molar-refractivity contribution is 6.74. The number of halogens is 1. The molecule has 2 aromatic carbocycles. The number of aliphatic carboxylic acids is 1. The minimum Gasteiger partial charge on any atom is -0.481 e. The number of carboxylic acids is 1. The lowest BCUT2D eigenvalue weighted by Gasteiger charge is -2.43. The molecular weight excluding hydrogens is 596 g/mol. The Kier molecular flexibility index (Phi) is 11.5. The second-order valence-electron chi connectivity index (χ2n) is 15.3. The lowest BCUT2D eigenvalue weighted by Crippen LogP contribution is -2.47. The molecule has 0 radical (unpaired) electrons. The Morgan fingerprint density at radius 1 is 0.889 bits per heavy atom. The van der Waals surface area contributed by atoms with Gasteiger partial charge in [-0.2, -0.15) is 0 Å². The molecule has 3 aromatic rings. The van der Waals surface area contributed by atoms with Gasteiger partial charge in [0, 0.05) is 16.5 Å². The van der Waals surface area contributed by atoms with E-state index >= 15 is 0 Å². The summed E-state index contributed by atoms with van der Waals surface area (Å²) in [6, 6.07) is 15.3. The van der Waals surface area contributed by atoms with Crippen molar-refractivity contribution >= 4 is 25.9 Å². The standard InChI is InChI=1S/C38H55ClN2O3Si/c1-13-38(14-2,30-18-19-31(26(4)22-30)32-23-28(24-34(42)43)35(39)41-40-32)29-17-15-27(25(3)21-29)16-20-33(36(5,6)7)44-45(11,12)37(8,9)10/h15,17-19,21-23,33H,13-14,16,20,24H2,1-12H3,(H,42,43). The average molecular weight is 651 g/mol. The largest absolute Gasteiger partial charge is 0.481 e. The van der Waals surface area contributed by atoms with Crippen molar-refractivity contribution in [2.24, 2.45) is 5.41 Å². The number of carbonyl (C=O) groups is 1. The molecule has 5 nitrogen and oxygen atoms in total. The summed E-state index contributed by atoms with van der Waals surface area (Å²) in [5, 5.41) is 17.9. The predicted molar refractivity (Wildman–Crippen MR) is 191 cm³/mol. The third kappa shape index (κ3) is 8.44. The maximum atomic E-state index is 11.3. The van der Waals surface area contributed by atoms with Gasteiger partial charge in [0.05, 0.1) is 18.2 Å². The molecule has 0 aliphatic rings. The fourth-order valence-electron chi connectivity index (χ4n) is 6.08. The fraction of sp³-hybridized carbons (Fsp3) is 0.553. The van der Waals surface area contributed by atoms with Crippen molar-refractivity contribution in [1.29, 1.82) is 0 Å². The maximum Gasteiger partial charge on any atom is 0.307 e. The van der Waals surface area contributed by atoms with Crippen LogP contribution in [0, 0.1) is 19.3 Å². The summed E-state index contributed by atoms with van der Waals surface area (Å²) in [4.78, 5) is 11.3. The van der Waals surface area contributed by atoms with Crippen LogP contribution >= 0.6 is 11.6 Å². The van der Waals surface area contributed by atoms with Crippen molar-refractivity contribution in [3.05, 3.63) is 81.0 Å². The topological polar surface area (TPSA) is 72.3 Å². The molecule has 1 atom stereocenters. The van der Waals surface area contributed by atoms with Crippen LogP contribution in [0.25, 0.3) is 11.3 Å². The molecule has 45 heavy (non-hydrogen) atoms. The smallest absolute Gasteiger partial charge is 0.307 e. The van der Waals surface area contributed by atoms with Crippen LogP contribution in [0.3, 0.4) is 0 Å². The number of hydrogen-bond acceptors (Lipinski definition) is 4. The Balaban J connectivity index is 1.92. The SMILES string of the molecule is CCC(CC)(c1ccc(CCC(O[Si](C)(C)C(C)(C)C)C(C)(C)C)c(C)c1)c1ccc(-c2cc(CC(=O)O)c(Cl)nn2)c(C)c1. The van der Waals surface area contributed by atoms with Gasteiger partial charge in [-0.3, -0.25) is 4.79 Å². The average Bonchev–Trinajstić information content (AvgIpc) is 2.93. The zero-order valence-corrected chi connectivity index (χ0v) is 31.4. The Morgan fingerprint density at radius 3 is 1.96 bits per heavy atom. The number of aromatic nitrogens is 2. The number of hydrogen-bond donors (Lipinski definition) is 1. The van der Waals surface area contributed by atoms with Crippen LogP contribution in [0.4, 0.5) is 0 Å². The number of carboxylic acid groups (broad SMARTS) is 1. The number of rotatable bonds is 12. The van der Waals surface area contributed by atoms with Crippen molar-refractivity contribution < 1.29 is 14.3 Å². The predicted octanol–water partition coefficient (Wildman–Crippen LogP) is 10.5. The minimum absolute atomic E-state index is 0.0718. The first kappa shape index (κ1) is 36.9. The summed E-state index contributed by atoms with van der Waals surface area (Å²) >= 11 is 6.14. The van der Waals surface area contributed by atoms with Gasteiger partial charge < -0.3 is 9.53 Å². The van der Waals surface area contributed by atoms with Crippen molar-refractivity contribution in [2.75, 3.05) is 0 Å². The first-order valence-electron chi connectivity index (χ1n) is 16.4. The molecule has 0 aliphatic heterocycles. The van der Waals surface area contributed by atoms with Crippen molar-refractivity contribution in [3.8, 4) is 11.3 Å². The molecule has 1 N–H and O–H groups in total. The van der Waals surface area contributed by atoms with Gasteiger partial charge in [-0.05, 0) is 97.0 Å². The molecule has 0 fully saturated rings. The summed E-state index contributed by atoms with van der Waals surface area (Å²) in [7, 11) is -1.89. The Morgan fingerprint density at radius 2 is 1.47 bits per heavy atom. The summed E-state index contributed by atoms with van der Waals surface area (Å²) in [6.07, 6.45) is 3.95. The molecular formula is C38H55ClN2O3Si. The molecule has 0 bridgehead atoms. The summed E-state index contributed by atoms with van der Waals surface area (Å²) < 4.78 is 6.98. The van der Waals surface area contributed by atoms with E-state index in [1.54, 1.807) is 6.07 Å². The maximum absolute atomic E-state index is 11.3. The van der Waals surface area contributed by atoms with Gasteiger partial charge in [-0.25, -0.2) is 0 Å². The van der Waals surface area contributed by atoms with Gasteiger partial charge in [0.25, 0.3) is 0 Å². The van der Waals surface area contributed by atoms with E-state index in [9.17, 15) is 9.90 Å². The lowest BCUT2D eigenvalue weighted by molar-refractivity contribution is -0.136. The van der Waals surface area contributed by atoms with Gasteiger partial charge in [0.15, 0.2) is 13.5 Å². The van der Waals surface area contributed by atoms with Gasteiger partial charge in [-0.1, -0.05) is 103 Å². The molecule has 0 saturated heterocycles. The molecule has 246 valence electrons. The van der Waals surface area contributed by atoms with E-state index < -0.39 is 14.3 Å². The van der Waals surface area contributed by atoms with E-state index in [0.29, 0.717) is 11.3 Å².